The molecule has 1 aromatic rings. The monoisotopic (exact) mass is 253 g/mol. The second-order valence-electron chi connectivity index (χ2n) is 3.96. The zero-order valence-electron chi connectivity index (χ0n) is 10.3. The maximum atomic E-state index is 10.4. The van der Waals surface area contributed by atoms with Gasteiger partial charge in [0.15, 0.2) is 0 Å². The van der Waals surface area contributed by atoms with Gasteiger partial charge in [-0.25, -0.2) is 0 Å². The summed E-state index contributed by atoms with van der Waals surface area (Å²) in [5, 5.41) is 8.59. The second-order valence-corrected chi connectivity index (χ2v) is 5.30. The van der Waals surface area contributed by atoms with Crippen LogP contribution in [0, 0.1) is 0 Å². The Morgan fingerprint density at radius 2 is 2.00 bits per heavy atom. The number of thioether (sulfide) groups is 1. The van der Waals surface area contributed by atoms with Crippen LogP contribution < -0.4 is 0 Å². The van der Waals surface area contributed by atoms with Gasteiger partial charge in [0, 0.05) is 18.0 Å². The summed E-state index contributed by atoms with van der Waals surface area (Å²) in [6.45, 7) is 3.52. The molecule has 0 amide bonds. The van der Waals surface area contributed by atoms with Crippen LogP contribution in [0.2, 0.25) is 0 Å². The van der Waals surface area contributed by atoms with Crippen LogP contribution in [-0.2, 0) is 11.3 Å². The minimum Gasteiger partial charge on any atom is -0.481 e. The summed E-state index contributed by atoms with van der Waals surface area (Å²) in [6, 6.07) is 8.45. The first-order valence-corrected chi connectivity index (χ1v) is 6.72. The van der Waals surface area contributed by atoms with E-state index >= 15 is 0 Å². The Labute approximate surface area is 107 Å². The molecule has 0 radical (unpaired) electrons. The first-order valence-electron chi connectivity index (χ1n) is 5.74. The summed E-state index contributed by atoms with van der Waals surface area (Å²) in [4.78, 5) is 13.7. The van der Waals surface area contributed by atoms with Crippen molar-refractivity contribution in [1.29, 1.82) is 0 Å². The van der Waals surface area contributed by atoms with Crippen molar-refractivity contribution < 1.29 is 9.90 Å². The molecule has 1 aromatic carbocycles. The van der Waals surface area contributed by atoms with Crippen LogP contribution >= 0.6 is 11.8 Å². The summed E-state index contributed by atoms with van der Waals surface area (Å²) in [7, 11) is 1.94. The number of carboxylic acids is 1. The summed E-state index contributed by atoms with van der Waals surface area (Å²) >= 11 is 1.83. The summed E-state index contributed by atoms with van der Waals surface area (Å²) in [5.74, 6) is 0.337. The van der Waals surface area contributed by atoms with Gasteiger partial charge >= 0.3 is 5.97 Å². The molecule has 0 aliphatic carbocycles. The number of aliphatic carboxylic acids is 1. The van der Waals surface area contributed by atoms with E-state index in [4.69, 9.17) is 5.11 Å². The molecule has 3 nitrogen and oxygen atoms in total. The van der Waals surface area contributed by atoms with Gasteiger partial charge in [-0.05, 0) is 30.5 Å². The van der Waals surface area contributed by atoms with E-state index in [1.54, 1.807) is 0 Å². The van der Waals surface area contributed by atoms with Crippen molar-refractivity contribution in [2.45, 2.75) is 24.8 Å². The maximum absolute atomic E-state index is 10.4. The Hall–Kier alpha value is -1.00. The molecule has 0 saturated heterocycles. The van der Waals surface area contributed by atoms with Gasteiger partial charge in [0.2, 0.25) is 0 Å². The van der Waals surface area contributed by atoms with Gasteiger partial charge in [0.1, 0.15) is 0 Å². The van der Waals surface area contributed by atoms with E-state index in [1.165, 1.54) is 10.5 Å². The lowest BCUT2D eigenvalue weighted by Gasteiger charge is -2.15. The minimum atomic E-state index is -0.744. The highest BCUT2D eigenvalue weighted by Crippen LogP contribution is 2.18. The Kier molecular flexibility index (Phi) is 6.08. The normalized spacial score (nSPS) is 10.8. The number of carboxylic acid groups (broad SMARTS) is 1. The smallest absolute Gasteiger partial charge is 0.304 e. The van der Waals surface area contributed by atoms with E-state index in [0.717, 1.165) is 12.3 Å². The summed E-state index contributed by atoms with van der Waals surface area (Å²) in [6.07, 6.45) is 0.195. The van der Waals surface area contributed by atoms with Gasteiger partial charge < -0.3 is 10.0 Å². The molecule has 0 aliphatic heterocycles. The third-order valence-corrected chi connectivity index (χ3v) is 3.29. The summed E-state index contributed by atoms with van der Waals surface area (Å²) in [5.41, 5.74) is 1.22. The molecule has 1 rings (SSSR count). The van der Waals surface area contributed by atoms with Crippen LogP contribution in [0.15, 0.2) is 29.2 Å². The lowest BCUT2D eigenvalue weighted by atomic mass is 10.2. The molecule has 0 bridgehead atoms. The average Bonchev–Trinajstić information content (AvgIpc) is 2.29. The SMILES string of the molecule is CCSc1ccc(CN(C)CCC(=O)O)cc1. The molecule has 0 heterocycles. The fraction of sp³-hybridized carbons (Fsp3) is 0.462. The topological polar surface area (TPSA) is 40.5 Å². The van der Waals surface area contributed by atoms with Crippen LogP contribution in [0.25, 0.3) is 0 Å². The number of rotatable bonds is 7. The van der Waals surface area contributed by atoms with Crippen LogP contribution in [0.3, 0.4) is 0 Å². The van der Waals surface area contributed by atoms with E-state index in [0.29, 0.717) is 6.54 Å². The second kappa shape index (κ2) is 7.35. The minimum absolute atomic E-state index is 0.195. The standard InChI is InChI=1S/C13H19NO2S/c1-3-17-12-6-4-11(5-7-12)10-14(2)9-8-13(15)16/h4-7H,3,8-10H2,1-2H3,(H,15,16). The highest BCUT2D eigenvalue weighted by atomic mass is 32.2. The third-order valence-electron chi connectivity index (χ3n) is 2.39. The predicted octanol–water partition coefficient (Wildman–Crippen LogP) is 2.71. The fourth-order valence-corrected chi connectivity index (χ4v) is 2.20. The van der Waals surface area contributed by atoms with Crippen LogP contribution in [-0.4, -0.2) is 35.3 Å². The fourth-order valence-electron chi connectivity index (χ4n) is 1.53. The molecule has 0 aliphatic rings. The van der Waals surface area contributed by atoms with E-state index < -0.39 is 5.97 Å². The molecule has 0 unspecified atom stereocenters. The summed E-state index contributed by atoms with van der Waals surface area (Å²) < 4.78 is 0. The first kappa shape index (κ1) is 14.1. The average molecular weight is 253 g/mol. The van der Waals surface area contributed by atoms with Crippen molar-refractivity contribution in [1.82, 2.24) is 4.90 Å². The molecule has 0 aromatic heterocycles. The van der Waals surface area contributed by atoms with Crippen molar-refractivity contribution in [2.75, 3.05) is 19.3 Å². The Morgan fingerprint density at radius 3 is 2.53 bits per heavy atom. The largest absolute Gasteiger partial charge is 0.481 e. The third kappa shape index (κ3) is 5.75. The molecule has 17 heavy (non-hydrogen) atoms. The van der Waals surface area contributed by atoms with Gasteiger partial charge in [-0.1, -0.05) is 19.1 Å². The highest BCUT2D eigenvalue weighted by Gasteiger charge is 2.03. The molecule has 0 saturated carbocycles. The van der Waals surface area contributed by atoms with Crippen molar-refractivity contribution >= 4 is 17.7 Å². The van der Waals surface area contributed by atoms with Crippen molar-refractivity contribution in [3.05, 3.63) is 29.8 Å². The molecule has 94 valence electrons. The Balaban J connectivity index is 2.42. The lowest BCUT2D eigenvalue weighted by molar-refractivity contribution is -0.137. The molecule has 0 atom stereocenters. The van der Waals surface area contributed by atoms with Crippen LogP contribution in [0.5, 0.6) is 0 Å². The van der Waals surface area contributed by atoms with Crippen molar-refractivity contribution in [3.8, 4) is 0 Å². The molecule has 0 spiro atoms. The number of carbonyl (C=O) groups is 1. The number of benzene rings is 1. The van der Waals surface area contributed by atoms with Crippen molar-refractivity contribution in [3.63, 3.8) is 0 Å². The van der Waals surface area contributed by atoms with E-state index in [1.807, 2.05) is 23.7 Å². The number of hydrogen-bond acceptors (Lipinski definition) is 3. The highest BCUT2D eigenvalue weighted by molar-refractivity contribution is 7.99. The number of hydrogen-bond donors (Lipinski definition) is 1. The van der Waals surface area contributed by atoms with Gasteiger partial charge in [-0.15, -0.1) is 11.8 Å². The Morgan fingerprint density at radius 1 is 1.35 bits per heavy atom. The van der Waals surface area contributed by atoms with Crippen molar-refractivity contribution in [2.24, 2.45) is 0 Å². The number of nitrogens with zero attached hydrogens (tertiary/aromatic N) is 1. The molecule has 1 N–H and O–H groups in total. The molecule has 0 fully saturated rings. The van der Waals surface area contributed by atoms with Gasteiger partial charge in [0.25, 0.3) is 0 Å². The lowest BCUT2D eigenvalue weighted by Crippen LogP contribution is -2.21. The zero-order valence-corrected chi connectivity index (χ0v) is 11.2. The first-order chi connectivity index (χ1) is 8.11. The van der Waals surface area contributed by atoms with Gasteiger partial charge in [-0.3, -0.25) is 4.79 Å². The molecular weight excluding hydrogens is 234 g/mol. The molecular formula is C13H19NO2S. The van der Waals surface area contributed by atoms with Gasteiger partial charge in [-0.2, -0.15) is 0 Å². The van der Waals surface area contributed by atoms with Gasteiger partial charge in [0.05, 0.1) is 6.42 Å². The quantitative estimate of drug-likeness (QED) is 0.759. The van der Waals surface area contributed by atoms with Crippen LogP contribution in [0.1, 0.15) is 18.9 Å². The zero-order chi connectivity index (χ0) is 12.7. The van der Waals surface area contributed by atoms with E-state index in [9.17, 15) is 4.79 Å². The molecule has 4 heteroatoms. The van der Waals surface area contributed by atoms with E-state index in [2.05, 4.69) is 31.2 Å². The Bertz CT molecular complexity index is 351. The van der Waals surface area contributed by atoms with Crippen LogP contribution in [0.4, 0.5) is 0 Å². The predicted molar refractivity (Wildman–Crippen MR) is 71.4 cm³/mol. The maximum Gasteiger partial charge on any atom is 0.304 e. The van der Waals surface area contributed by atoms with E-state index in [-0.39, 0.29) is 6.42 Å².